The number of anilines is 1. The lowest BCUT2D eigenvalue weighted by atomic mass is 10.1. The fraction of sp³-hybridized carbons (Fsp3) is 0.333. The van der Waals surface area contributed by atoms with E-state index in [1.807, 2.05) is 24.3 Å². The molecule has 0 aliphatic carbocycles. The Morgan fingerprint density at radius 1 is 1.36 bits per heavy atom. The quantitative estimate of drug-likeness (QED) is 0.901. The average molecular weight is 324 g/mol. The first-order valence-electron chi connectivity index (χ1n) is 6.91. The van der Waals surface area contributed by atoms with Crippen molar-refractivity contribution in [3.63, 3.8) is 0 Å². The van der Waals surface area contributed by atoms with Crippen molar-refractivity contribution in [1.29, 1.82) is 0 Å². The van der Waals surface area contributed by atoms with Crippen LogP contribution in [0.15, 0.2) is 41.3 Å². The molecule has 1 fully saturated rings. The number of hydrogen-bond donors (Lipinski definition) is 2. The van der Waals surface area contributed by atoms with Crippen molar-refractivity contribution in [2.45, 2.75) is 12.5 Å². The van der Waals surface area contributed by atoms with Gasteiger partial charge in [-0.2, -0.15) is 0 Å². The van der Waals surface area contributed by atoms with E-state index in [0.29, 0.717) is 25.4 Å². The predicted molar refractivity (Wildman–Crippen MR) is 85.0 cm³/mol. The topological polar surface area (TPSA) is 76.4 Å². The Balaban J connectivity index is 0.00000176. The molecule has 1 unspecified atom stereocenters. The molecule has 1 saturated heterocycles. The molecule has 118 valence electrons. The molecule has 1 atom stereocenters. The lowest BCUT2D eigenvalue weighted by Gasteiger charge is -2.23. The number of hydrogen-bond acceptors (Lipinski definition) is 5. The van der Waals surface area contributed by atoms with Crippen LogP contribution in [0.4, 0.5) is 5.69 Å². The first-order valence-corrected chi connectivity index (χ1v) is 6.91. The van der Waals surface area contributed by atoms with E-state index in [1.165, 1.54) is 6.39 Å². The number of morpholine rings is 1. The van der Waals surface area contributed by atoms with Crippen molar-refractivity contribution < 1.29 is 13.9 Å². The molecule has 0 radical (unpaired) electrons. The zero-order valence-electron chi connectivity index (χ0n) is 12.0. The molecule has 7 heteroatoms. The first kappa shape index (κ1) is 16.5. The molecule has 1 aromatic carbocycles. The standard InChI is InChI=1S/C15H17N3O3.ClH/c19-15(7-13-9-20-6-5-17-13)18-12-3-1-11(2-4-12)14-8-16-10-21-14;/h1-4,8,10,13,17H,5-7,9H2,(H,18,19);1H. The fourth-order valence-electron chi connectivity index (χ4n) is 2.26. The third-order valence-electron chi connectivity index (χ3n) is 3.32. The summed E-state index contributed by atoms with van der Waals surface area (Å²) in [6, 6.07) is 7.56. The second-order valence-corrected chi connectivity index (χ2v) is 4.92. The summed E-state index contributed by atoms with van der Waals surface area (Å²) in [5, 5.41) is 6.14. The van der Waals surface area contributed by atoms with E-state index in [0.717, 1.165) is 17.8 Å². The minimum Gasteiger partial charge on any atom is -0.444 e. The number of nitrogens with zero attached hydrogens (tertiary/aromatic N) is 1. The SMILES string of the molecule is Cl.O=C(CC1COCCN1)Nc1ccc(-c2cnco2)cc1. The van der Waals surface area contributed by atoms with E-state index >= 15 is 0 Å². The van der Waals surface area contributed by atoms with E-state index in [2.05, 4.69) is 15.6 Å². The molecule has 2 N–H and O–H groups in total. The number of halogens is 1. The molecule has 1 aliphatic heterocycles. The number of aromatic nitrogens is 1. The van der Waals surface area contributed by atoms with Gasteiger partial charge >= 0.3 is 0 Å². The van der Waals surface area contributed by atoms with Crippen LogP contribution >= 0.6 is 12.4 Å². The van der Waals surface area contributed by atoms with Crippen molar-refractivity contribution in [3.8, 4) is 11.3 Å². The van der Waals surface area contributed by atoms with Crippen LogP contribution < -0.4 is 10.6 Å². The van der Waals surface area contributed by atoms with Crippen LogP contribution in [0.1, 0.15) is 6.42 Å². The minimum atomic E-state index is -0.0228. The van der Waals surface area contributed by atoms with Crippen LogP contribution in [0, 0.1) is 0 Å². The van der Waals surface area contributed by atoms with Crippen molar-refractivity contribution in [1.82, 2.24) is 10.3 Å². The van der Waals surface area contributed by atoms with Crippen molar-refractivity contribution in [3.05, 3.63) is 36.9 Å². The maximum Gasteiger partial charge on any atom is 0.226 e. The smallest absolute Gasteiger partial charge is 0.226 e. The van der Waals surface area contributed by atoms with Crippen molar-refractivity contribution >= 4 is 24.0 Å². The molecule has 2 heterocycles. The zero-order valence-corrected chi connectivity index (χ0v) is 12.8. The Morgan fingerprint density at radius 3 is 2.82 bits per heavy atom. The maximum atomic E-state index is 12.0. The molecule has 1 aliphatic rings. The molecule has 2 aromatic rings. The molecular formula is C15H18ClN3O3. The third kappa shape index (κ3) is 4.30. The lowest BCUT2D eigenvalue weighted by Crippen LogP contribution is -2.43. The molecule has 22 heavy (non-hydrogen) atoms. The number of ether oxygens (including phenoxy) is 1. The average Bonchev–Trinajstić information content (AvgIpc) is 3.03. The van der Waals surface area contributed by atoms with Crippen LogP contribution in [0.25, 0.3) is 11.3 Å². The largest absolute Gasteiger partial charge is 0.444 e. The van der Waals surface area contributed by atoms with Gasteiger partial charge in [0.05, 0.1) is 19.4 Å². The highest BCUT2D eigenvalue weighted by Gasteiger charge is 2.16. The summed E-state index contributed by atoms with van der Waals surface area (Å²) in [7, 11) is 0. The second kappa shape index (κ2) is 7.93. The summed E-state index contributed by atoms with van der Waals surface area (Å²) in [6.07, 6.45) is 3.45. The molecule has 0 spiro atoms. The Kier molecular flexibility index (Phi) is 5.94. The summed E-state index contributed by atoms with van der Waals surface area (Å²) in [5.41, 5.74) is 1.69. The van der Waals surface area contributed by atoms with Crippen molar-refractivity contribution in [2.24, 2.45) is 0 Å². The fourth-order valence-corrected chi connectivity index (χ4v) is 2.26. The summed E-state index contributed by atoms with van der Waals surface area (Å²) in [4.78, 5) is 15.8. The van der Waals surface area contributed by atoms with E-state index in [1.54, 1.807) is 6.20 Å². The van der Waals surface area contributed by atoms with Gasteiger partial charge in [-0.3, -0.25) is 4.79 Å². The molecular weight excluding hydrogens is 306 g/mol. The van der Waals surface area contributed by atoms with Gasteiger partial charge in [0, 0.05) is 30.3 Å². The normalized spacial score (nSPS) is 17.5. The molecule has 0 bridgehead atoms. The van der Waals surface area contributed by atoms with E-state index < -0.39 is 0 Å². The van der Waals surface area contributed by atoms with Crippen molar-refractivity contribution in [2.75, 3.05) is 25.1 Å². The molecule has 1 aromatic heterocycles. The van der Waals surface area contributed by atoms with Crippen LogP contribution in [0.3, 0.4) is 0 Å². The first-order chi connectivity index (χ1) is 10.3. The van der Waals surface area contributed by atoms with Gasteiger partial charge in [0.15, 0.2) is 12.2 Å². The zero-order chi connectivity index (χ0) is 14.5. The van der Waals surface area contributed by atoms with Gasteiger partial charge in [-0.15, -0.1) is 12.4 Å². The Bertz CT molecular complexity index is 581. The highest BCUT2D eigenvalue weighted by atomic mass is 35.5. The van der Waals surface area contributed by atoms with Gasteiger partial charge in [-0.05, 0) is 24.3 Å². The highest BCUT2D eigenvalue weighted by molar-refractivity contribution is 5.91. The Labute approximate surface area is 134 Å². The predicted octanol–water partition coefficient (Wildman–Crippen LogP) is 2.08. The van der Waals surface area contributed by atoms with Crippen LogP contribution in [-0.4, -0.2) is 36.7 Å². The molecule has 1 amide bonds. The van der Waals surface area contributed by atoms with Gasteiger partial charge in [-0.1, -0.05) is 0 Å². The number of rotatable bonds is 4. The summed E-state index contributed by atoms with van der Waals surface area (Å²) >= 11 is 0. The van der Waals surface area contributed by atoms with Gasteiger partial charge in [0.25, 0.3) is 0 Å². The summed E-state index contributed by atoms with van der Waals surface area (Å²) in [6.45, 7) is 2.09. The third-order valence-corrected chi connectivity index (χ3v) is 3.32. The molecule has 3 rings (SSSR count). The van der Waals surface area contributed by atoms with Crippen LogP contribution in [0.5, 0.6) is 0 Å². The monoisotopic (exact) mass is 323 g/mol. The van der Waals surface area contributed by atoms with Gasteiger partial charge in [0.2, 0.25) is 5.91 Å². The number of carbonyl (C=O) groups is 1. The van der Waals surface area contributed by atoms with E-state index in [-0.39, 0.29) is 24.4 Å². The van der Waals surface area contributed by atoms with Gasteiger partial charge < -0.3 is 19.8 Å². The lowest BCUT2D eigenvalue weighted by molar-refractivity contribution is -0.117. The molecule has 0 saturated carbocycles. The van der Waals surface area contributed by atoms with E-state index in [4.69, 9.17) is 9.15 Å². The molecule has 6 nitrogen and oxygen atoms in total. The second-order valence-electron chi connectivity index (χ2n) is 4.92. The van der Waals surface area contributed by atoms with Crippen LogP contribution in [-0.2, 0) is 9.53 Å². The number of carbonyl (C=O) groups excluding carboxylic acids is 1. The minimum absolute atomic E-state index is 0. The summed E-state index contributed by atoms with van der Waals surface area (Å²) in [5.74, 6) is 0.682. The highest BCUT2D eigenvalue weighted by Crippen LogP contribution is 2.20. The number of amides is 1. The van der Waals surface area contributed by atoms with Crippen LogP contribution in [0.2, 0.25) is 0 Å². The summed E-state index contributed by atoms with van der Waals surface area (Å²) < 4.78 is 10.6. The van der Waals surface area contributed by atoms with E-state index in [9.17, 15) is 4.79 Å². The maximum absolute atomic E-state index is 12.0. The Hall–Kier alpha value is -1.89. The number of benzene rings is 1. The van der Waals surface area contributed by atoms with Gasteiger partial charge in [0.1, 0.15) is 0 Å². The Morgan fingerprint density at radius 2 is 2.18 bits per heavy atom. The number of nitrogens with one attached hydrogen (secondary N) is 2. The van der Waals surface area contributed by atoms with Gasteiger partial charge in [-0.25, -0.2) is 4.98 Å². The number of oxazole rings is 1.